The van der Waals surface area contributed by atoms with Crippen molar-refractivity contribution in [2.45, 2.75) is 131 Å². The maximum absolute atomic E-state index is 10.7. The van der Waals surface area contributed by atoms with Gasteiger partial charge in [0.25, 0.3) is 0 Å². The molecule has 4 saturated heterocycles. The molecule has 19 atom stereocenters. The average molecular weight is 605 g/mol. The van der Waals surface area contributed by atoms with Gasteiger partial charge in [0.15, 0.2) is 25.2 Å². The van der Waals surface area contributed by atoms with Crippen LogP contribution in [-0.2, 0) is 33.2 Å². The minimum atomic E-state index is -1.90. The second-order valence-corrected chi connectivity index (χ2v) is 10.7. The van der Waals surface area contributed by atoms with E-state index in [0.29, 0.717) is 0 Å². The van der Waals surface area contributed by atoms with Gasteiger partial charge in [-0.3, -0.25) is 0 Å². The second kappa shape index (κ2) is 13.5. The third-order valence-corrected chi connectivity index (χ3v) is 7.71. The molecule has 0 bridgehead atoms. The molecule has 0 amide bonds. The van der Waals surface area contributed by atoms with Gasteiger partial charge in [-0.2, -0.15) is 0 Å². The first kappa shape index (κ1) is 33.2. The van der Waals surface area contributed by atoms with E-state index in [1.807, 2.05) is 0 Å². The van der Waals surface area contributed by atoms with Gasteiger partial charge in [0.2, 0.25) is 0 Å². The Hall–Kier alpha value is -0.720. The average Bonchev–Trinajstić information content (AvgIpc) is 2.93. The Bertz CT molecular complexity index is 838. The highest BCUT2D eigenvalue weighted by molar-refractivity contribution is 4.95. The van der Waals surface area contributed by atoms with Crippen LogP contribution in [0, 0.1) is 0 Å². The Labute approximate surface area is 233 Å². The summed E-state index contributed by atoms with van der Waals surface area (Å²) in [6, 6.07) is 0. The number of ether oxygens (including phenoxy) is 7. The van der Waals surface area contributed by atoms with Gasteiger partial charge in [0, 0.05) is 0 Å². The summed E-state index contributed by atoms with van der Waals surface area (Å²) in [6.07, 6.45) is -29.0. The highest BCUT2D eigenvalue weighted by atomic mass is 16.8. The zero-order chi connectivity index (χ0) is 30.3. The van der Waals surface area contributed by atoms with Crippen LogP contribution in [0.2, 0.25) is 0 Å². The lowest BCUT2D eigenvalue weighted by atomic mass is 9.97. The number of aliphatic hydroxyl groups is 11. The SMILES string of the molecule is C[C@@H]1O[C@@H](OC[C@H]2OC(O)[C@H](O[C@@H]3O[C@@H](C)[C@H](O[C@@H]4OC[C@@H](O)[C@H](O)[C@H]4O)[C@@H](O)[C@H]3O)[C@@H](O)[C@@H]2O)[C@H](O)[C@H](O)[C@H]1O. The zero-order valence-corrected chi connectivity index (χ0v) is 22.2. The summed E-state index contributed by atoms with van der Waals surface area (Å²) in [6.45, 7) is 1.96. The molecule has 18 heteroatoms. The normalized spacial score (nSPS) is 55.1. The number of aliphatic hydroxyl groups excluding tert-OH is 11. The predicted molar refractivity (Wildman–Crippen MR) is 125 cm³/mol. The first-order valence-corrected chi connectivity index (χ1v) is 13.2. The van der Waals surface area contributed by atoms with Crippen molar-refractivity contribution in [3.63, 3.8) is 0 Å². The number of hydrogen-bond donors (Lipinski definition) is 11. The molecular weight excluding hydrogens is 564 g/mol. The van der Waals surface area contributed by atoms with E-state index >= 15 is 0 Å². The van der Waals surface area contributed by atoms with Crippen molar-refractivity contribution in [2.24, 2.45) is 0 Å². The van der Waals surface area contributed by atoms with E-state index in [0.717, 1.165) is 0 Å². The van der Waals surface area contributed by atoms with Crippen molar-refractivity contribution in [3.05, 3.63) is 0 Å². The molecule has 0 aromatic heterocycles. The van der Waals surface area contributed by atoms with Crippen LogP contribution in [0.4, 0.5) is 0 Å². The van der Waals surface area contributed by atoms with Crippen molar-refractivity contribution in [2.75, 3.05) is 13.2 Å². The molecule has 4 aliphatic heterocycles. The minimum Gasteiger partial charge on any atom is -0.388 e. The quantitative estimate of drug-likeness (QED) is 0.129. The Morgan fingerprint density at radius 2 is 1.10 bits per heavy atom. The van der Waals surface area contributed by atoms with E-state index in [1.165, 1.54) is 13.8 Å². The fourth-order valence-corrected chi connectivity index (χ4v) is 5.06. The fourth-order valence-electron chi connectivity index (χ4n) is 5.06. The molecule has 0 radical (unpaired) electrons. The molecule has 4 aliphatic rings. The standard InChI is InChI=1S/C23H40O18/c1-5-9(25)12(28)16(32)21(37-5)36-4-8-11(27)13(29)19(20(34)39-8)41-23-17(33)14(30)18(6(2)38-23)40-22-15(31)10(26)7(24)3-35-22/h5-34H,3-4H2,1-2H3/t5-,6-,7+,8+,9-,10-,11+,12+,13-,14-,15+,16+,17+,18-,19+,20?,21+,22-,23-/m0/s1. The van der Waals surface area contributed by atoms with Crippen LogP contribution in [0.3, 0.4) is 0 Å². The lowest BCUT2D eigenvalue weighted by Gasteiger charge is -2.47. The van der Waals surface area contributed by atoms with Crippen LogP contribution in [-0.4, -0.2) is 186 Å². The molecule has 4 heterocycles. The van der Waals surface area contributed by atoms with E-state index in [-0.39, 0.29) is 6.61 Å². The first-order chi connectivity index (χ1) is 19.2. The third-order valence-electron chi connectivity index (χ3n) is 7.71. The van der Waals surface area contributed by atoms with Crippen LogP contribution in [0.1, 0.15) is 13.8 Å². The minimum absolute atomic E-state index is 0.362. The van der Waals surface area contributed by atoms with Gasteiger partial charge in [-0.05, 0) is 13.8 Å². The summed E-state index contributed by atoms with van der Waals surface area (Å²) >= 11 is 0. The van der Waals surface area contributed by atoms with Crippen LogP contribution in [0.15, 0.2) is 0 Å². The molecule has 11 N–H and O–H groups in total. The largest absolute Gasteiger partial charge is 0.388 e. The Balaban J connectivity index is 1.32. The Morgan fingerprint density at radius 1 is 0.537 bits per heavy atom. The van der Waals surface area contributed by atoms with Crippen molar-refractivity contribution in [1.82, 2.24) is 0 Å². The summed E-state index contributed by atoms with van der Waals surface area (Å²) < 4.78 is 37.6. The van der Waals surface area contributed by atoms with Crippen molar-refractivity contribution in [1.29, 1.82) is 0 Å². The van der Waals surface area contributed by atoms with Gasteiger partial charge in [0.1, 0.15) is 79.4 Å². The maximum atomic E-state index is 10.7. The molecule has 1 unspecified atom stereocenters. The molecule has 0 aromatic carbocycles. The van der Waals surface area contributed by atoms with E-state index in [2.05, 4.69) is 0 Å². The van der Waals surface area contributed by atoms with Crippen LogP contribution in [0.25, 0.3) is 0 Å². The highest BCUT2D eigenvalue weighted by Gasteiger charge is 2.52. The van der Waals surface area contributed by atoms with E-state index in [1.54, 1.807) is 0 Å². The summed E-state index contributed by atoms with van der Waals surface area (Å²) in [5.41, 5.74) is 0. The van der Waals surface area contributed by atoms with Crippen molar-refractivity contribution >= 4 is 0 Å². The predicted octanol–water partition coefficient (Wildman–Crippen LogP) is -7.05. The van der Waals surface area contributed by atoms with Gasteiger partial charge >= 0.3 is 0 Å². The molecule has 0 saturated carbocycles. The molecular formula is C23H40O18. The summed E-state index contributed by atoms with van der Waals surface area (Å²) in [5.74, 6) is 0. The maximum Gasteiger partial charge on any atom is 0.187 e. The zero-order valence-electron chi connectivity index (χ0n) is 22.2. The molecule has 18 nitrogen and oxygen atoms in total. The molecule has 0 spiro atoms. The van der Waals surface area contributed by atoms with Gasteiger partial charge in [-0.25, -0.2) is 0 Å². The monoisotopic (exact) mass is 604 g/mol. The molecule has 240 valence electrons. The van der Waals surface area contributed by atoms with Crippen molar-refractivity contribution in [3.8, 4) is 0 Å². The van der Waals surface area contributed by atoms with Gasteiger partial charge < -0.3 is 89.3 Å². The van der Waals surface area contributed by atoms with Crippen LogP contribution < -0.4 is 0 Å². The summed E-state index contributed by atoms with van der Waals surface area (Å²) in [4.78, 5) is 0. The van der Waals surface area contributed by atoms with E-state index in [9.17, 15) is 56.2 Å². The van der Waals surface area contributed by atoms with Gasteiger partial charge in [-0.15, -0.1) is 0 Å². The lowest BCUT2D eigenvalue weighted by Crippen LogP contribution is -2.65. The second-order valence-electron chi connectivity index (χ2n) is 10.7. The highest BCUT2D eigenvalue weighted by Crippen LogP contribution is 2.31. The fraction of sp³-hybridized carbons (Fsp3) is 1.00. The summed E-state index contributed by atoms with van der Waals surface area (Å²) in [7, 11) is 0. The Morgan fingerprint density at radius 3 is 1.78 bits per heavy atom. The smallest absolute Gasteiger partial charge is 0.187 e. The molecule has 0 aromatic rings. The molecule has 41 heavy (non-hydrogen) atoms. The van der Waals surface area contributed by atoms with E-state index < -0.39 is 123 Å². The van der Waals surface area contributed by atoms with E-state index in [4.69, 9.17) is 33.2 Å². The van der Waals surface area contributed by atoms with Crippen LogP contribution >= 0.6 is 0 Å². The van der Waals surface area contributed by atoms with Crippen molar-refractivity contribution < 1.29 is 89.3 Å². The van der Waals surface area contributed by atoms with Gasteiger partial charge in [0.05, 0.1) is 25.4 Å². The third kappa shape index (κ3) is 6.85. The number of hydrogen-bond acceptors (Lipinski definition) is 18. The molecule has 4 rings (SSSR count). The van der Waals surface area contributed by atoms with Crippen LogP contribution in [0.5, 0.6) is 0 Å². The molecule has 0 aliphatic carbocycles. The lowest BCUT2D eigenvalue weighted by molar-refractivity contribution is -0.376. The first-order valence-electron chi connectivity index (χ1n) is 13.2. The topological polar surface area (TPSA) is 287 Å². The number of rotatable bonds is 7. The Kier molecular flexibility index (Phi) is 10.9. The summed E-state index contributed by atoms with van der Waals surface area (Å²) in [5, 5.41) is 112. The molecule has 4 fully saturated rings. The van der Waals surface area contributed by atoms with Gasteiger partial charge in [-0.1, -0.05) is 0 Å².